The highest BCUT2D eigenvalue weighted by molar-refractivity contribution is 7.92. The third-order valence-corrected chi connectivity index (χ3v) is 5.74. The number of nitrogens with one attached hydrogen (secondary N) is 2. The van der Waals surface area contributed by atoms with E-state index in [1.165, 1.54) is 42.5 Å². The first kappa shape index (κ1) is 19.5. The molecule has 28 heavy (non-hydrogen) atoms. The number of benzene rings is 2. The molecule has 0 aliphatic carbocycles. The number of rotatable bonds is 6. The van der Waals surface area contributed by atoms with Crippen LogP contribution in [-0.4, -0.2) is 24.2 Å². The van der Waals surface area contributed by atoms with E-state index in [0.717, 1.165) is 6.07 Å². The number of hydrogen-bond acceptors (Lipinski definition) is 7. The van der Waals surface area contributed by atoms with Crippen LogP contribution in [0.15, 0.2) is 58.8 Å². The van der Waals surface area contributed by atoms with Crippen molar-refractivity contribution in [3.05, 3.63) is 64.0 Å². The smallest absolute Gasteiger partial charge is 0.289 e. The van der Waals surface area contributed by atoms with Gasteiger partial charge in [0, 0.05) is 29.6 Å². The van der Waals surface area contributed by atoms with Gasteiger partial charge in [-0.1, -0.05) is 24.3 Å². The molecule has 2 aromatic carbocycles. The fourth-order valence-corrected chi connectivity index (χ4v) is 4.39. The summed E-state index contributed by atoms with van der Waals surface area (Å²) >= 11 is 1.24. The number of nitro benzene ring substituents is 1. The first-order valence-corrected chi connectivity index (χ1v) is 10.2. The summed E-state index contributed by atoms with van der Waals surface area (Å²) in [5.41, 5.74) is 0.895. The number of sulfonamides is 1. The van der Waals surface area contributed by atoms with E-state index in [-0.39, 0.29) is 11.6 Å². The fourth-order valence-electron chi connectivity index (χ4n) is 2.40. The van der Waals surface area contributed by atoms with Crippen molar-refractivity contribution >= 4 is 43.8 Å². The van der Waals surface area contributed by atoms with Crippen molar-refractivity contribution in [2.75, 3.05) is 10.0 Å². The number of nitrogens with zero attached hydrogens (tertiary/aromatic N) is 2. The van der Waals surface area contributed by atoms with E-state index in [9.17, 15) is 23.3 Å². The molecule has 0 radical (unpaired) electrons. The molecule has 1 aromatic heterocycles. The molecule has 3 rings (SSSR count). The van der Waals surface area contributed by atoms with Crippen LogP contribution < -0.4 is 10.0 Å². The average molecular weight is 418 g/mol. The van der Waals surface area contributed by atoms with Gasteiger partial charge in [0.05, 0.1) is 10.6 Å². The van der Waals surface area contributed by atoms with Crippen molar-refractivity contribution in [1.82, 2.24) is 4.98 Å². The quantitative estimate of drug-likeness (QED) is 0.465. The van der Waals surface area contributed by atoms with E-state index in [0.29, 0.717) is 16.4 Å². The zero-order valence-corrected chi connectivity index (χ0v) is 16.1. The highest BCUT2D eigenvalue weighted by Gasteiger charge is 2.25. The Morgan fingerprint density at radius 1 is 1.18 bits per heavy atom. The molecular formula is C17H14N4O5S2. The summed E-state index contributed by atoms with van der Waals surface area (Å²) < 4.78 is 27.6. The molecule has 0 unspecified atom stereocenters. The molecule has 11 heteroatoms. The summed E-state index contributed by atoms with van der Waals surface area (Å²) in [6, 6.07) is 11.5. The molecule has 9 nitrogen and oxygen atoms in total. The molecule has 144 valence electrons. The summed E-state index contributed by atoms with van der Waals surface area (Å²) in [7, 11) is -4.17. The number of carbonyl (C=O) groups is 1. The predicted octanol–water partition coefficient (Wildman–Crippen LogP) is 3.48. The van der Waals surface area contributed by atoms with Crippen LogP contribution in [0.2, 0.25) is 0 Å². The minimum absolute atomic E-state index is 0.227. The minimum Gasteiger partial charge on any atom is -0.302 e. The maximum absolute atomic E-state index is 12.6. The number of thiazole rings is 1. The molecule has 0 saturated heterocycles. The second-order valence-corrected chi connectivity index (χ2v) is 8.14. The number of carbonyl (C=O) groups excluding carboxylic acids is 1. The van der Waals surface area contributed by atoms with Crippen LogP contribution in [0, 0.1) is 10.1 Å². The lowest BCUT2D eigenvalue weighted by molar-refractivity contribution is -0.387. The largest absolute Gasteiger partial charge is 0.302 e. The van der Waals surface area contributed by atoms with Crippen LogP contribution in [0.4, 0.5) is 16.5 Å². The fraction of sp³-hybridized carbons (Fsp3) is 0.0588. The van der Waals surface area contributed by atoms with Crippen LogP contribution in [0.25, 0.3) is 11.3 Å². The highest BCUT2D eigenvalue weighted by Crippen LogP contribution is 2.29. The molecule has 0 aliphatic heterocycles. The Hall–Kier alpha value is -3.31. The van der Waals surface area contributed by atoms with Gasteiger partial charge in [-0.05, 0) is 18.2 Å². The van der Waals surface area contributed by atoms with Gasteiger partial charge in [-0.25, -0.2) is 13.4 Å². The zero-order chi connectivity index (χ0) is 20.3. The van der Waals surface area contributed by atoms with Crippen molar-refractivity contribution in [3.63, 3.8) is 0 Å². The summed E-state index contributed by atoms with van der Waals surface area (Å²) in [4.78, 5) is 25.3. The minimum atomic E-state index is -4.17. The number of amides is 1. The second kappa shape index (κ2) is 7.74. The molecule has 0 atom stereocenters. The summed E-state index contributed by atoms with van der Waals surface area (Å²) in [6.07, 6.45) is 0. The molecule has 0 aliphatic rings. The van der Waals surface area contributed by atoms with E-state index >= 15 is 0 Å². The third-order valence-electron chi connectivity index (χ3n) is 3.55. The summed E-state index contributed by atoms with van der Waals surface area (Å²) in [6.45, 7) is 1.37. The van der Waals surface area contributed by atoms with E-state index in [2.05, 4.69) is 15.0 Å². The van der Waals surface area contributed by atoms with E-state index in [1.807, 2.05) is 0 Å². The van der Waals surface area contributed by atoms with Gasteiger partial charge in [0.25, 0.3) is 15.7 Å². The van der Waals surface area contributed by atoms with Crippen molar-refractivity contribution in [3.8, 4) is 11.3 Å². The van der Waals surface area contributed by atoms with E-state index < -0.39 is 25.5 Å². The molecule has 2 N–H and O–H groups in total. The van der Waals surface area contributed by atoms with Crippen molar-refractivity contribution in [2.45, 2.75) is 11.8 Å². The van der Waals surface area contributed by atoms with Gasteiger partial charge in [0.1, 0.15) is 0 Å². The first-order valence-electron chi connectivity index (χ1n) is 7.86. The molecule has 1 amide bonds. The van der Waals surface area contributed by atoms with Gasteiger partial charge in [0.15, 0.2) is 10.0 Å². The number of aromatic nitrogens is 1. The van der Waals surface area contributed by atoms with Crippen molar-refractivity contribution in [1.29, 1.82) is 0 Å². The molecule has 0 saturated carbocycles. The Bertz CT molecular complexity index is 1160. The Morgan fingerprint density at radius 3 is 2.64 bits per heavy atom. The van der Waals surface area contributed by atoms with Crippen LogP contribution in [-0.2, 0) is 14.8 Å². The maximum atomic E-state index is 12.6. The van der Waals surface area contributed by atoms with Gasteiger partial charge in [-0.2, -0.15) is 0 Å². The lowest BCUT2D eigenvalue weighted by atomic mass is 10.1. The van der Waals surface area contributed by atoms with Gasteiger partial charge in [-0.15, -0.1) is 11.3 Å². The Kier molecular flexibility index (Phi) is 5.38. The normalized spacial score (nSPS) is 11.0. The Balaban J connectivity index is 1.90. The first-order chi connectivity index (χ1) is 13.3. The second-order valence-electron chi connectivity index (χ2n) is 5.63. The maximum Gasteiger partial charge on any atom is 0.289 e. The standard InChI is InChI=1S/C17H14N4O5S2/c1-11(22)18-17-19-14(10-27-17)12-5-4-6-13(9-12)20-28(25,26)16-8-3-2-7-15(16)21(23)24/h2-10,20H,1H3,(H,18,19,22). The SMILES string of the molecule is CC(=O)Nc1nc(-c2cccc(NS(=O)(=O)c3ccccc3[N+](=O)[O-])c2)cs1. The molecule has 0 spiro atoms. The Labute approximate surface area is 164 Å². The van der Waals surface area contributed by atoms with E-state index in [1.54, 1.807) is 23.6 Å². The van der Waals surface area contributed by atoms with E-state index in [4.69, 9.17) is 0 Å². The molecule has 1 heterocycles. The Morgan fingerprint density at radius 2 is 1.93 bits per heavy atom. The van der Waals surface area contributed by atoms with Gasteiger partial charge >= 0.3 is 0 Å². The molecular weight excluding hydrogens is 404 g/mol. The van der Waals surface area contributed by atoms with Crippen LogP contribution in [0.3, 0.4) is 0 Å². The van der Waals surface area contributed by atoms with Crippen LogP contribution in [0.5, 0.6) is 0 Å². The van der Waals surface area contributed by atoms with Crippen molar-refractivity contribution in [2.24, 2.45) is 0 Å². The summed E-state index contributed by atoms with van der Waals surface area (Å²) in [5.74, 6) is -0.244. The lowest BCUT2D eigenvalue weighted by Crippen LogP contribution is -2.14. The van der Waals surface area contributed by atoms with Crippen molar-refractivity contribution < 1.29 is 18.1 Å². The van der Waals surface area contributed by atoms with Crippen LogP contribution >= 0.6 is 11.3 Å². The zero-order valence-electron chi connectivity index (χ0n) is 14.4. The van der Waals surface area contributed by atoms with Gasteiger partial charge < -0.3 is 5.32 Å². The van der Waals surface area contributed by atoms with Gasteiger partial charge in [-0.3, -0.25) is 19.6 Å². The predicted molar refractivity (Wildman–Crippen MR) is 106 cm³/mol. The monoisotopic (exact) mass is 418 g/mol. The number of para-hydroxylation sites is 1. The number of hydrogen-bond donors (Lipinski definition) is 2. The number of nitro groups is 1. The lowest BCUT2D eigenvalue weighted by Gasteiger charge is -2.09. The third kappa shape index (κ3) is 4.32. The highest BCUT2D eigenvalue weighted by atomic mass is 32.2. The molecule has 0 fully saturated rings. The molecule has 3 aromatic rings. The average Bonchev–Trinajstić information content (AvgIpc) is 3.09. The van der Waals surface area contributed by atoms with Gasteiger partial charge in [0.2, 0.25) is 5.91 Å². The topological polar surface area (TPSA) is 131 Å². The number of anilines is 2. The van der Waals surface area contributed by atoms with Crippen LogP contribution in [0.1, 0.15) is 6.92 Å². The summed E-state index contributed by atoms with van der Waals surface area (Å²) in [5, 5.41) is 15.8. The molecule has 0 bridgehead atoms.